The van der Waals surface area contributed by atoms with Gasteiger partial charge in [0.25, 0.3) is 0 Å². The van der Waals surface area contributed by atoms with E-state index in [1.54, 1.807) is 0 Å². The minimum atomic E-state index is 0.919. The largest absolute Gasteiger partial charge is 0.303 e. The molecule has 0 aromatic rings. The highest BCUT2D eigenvalue weighted by atomic mass is 15.1. The molecular weight excluding hydrogens is 266 g/mol. The van der Waals surface area contributed by atoms with Gasteiger partial charge in [0.1, 0.15) is 0 Å². The van der Waals surface area contributed by atoms with Gasteiger partial charge in [-0.05, 0) is 44.2 Å². The highest BCUT2D eigenvalue weighted by Crippen LogP contribution is 2.23. The maximum Gasteiger partial charge on any atom is 0.000964 e. The zero-order valence-corrected chi connectivity index (χ0v) is 16.5. The molecule has 0 spiro atoms. The normalized spacial score (nSPS) is 14.5. The van der Waals surface area contributed by atoms with Crippen LogP contribution in [0.1, 0.15) is 105 Å². The minimum Gasteiger partial charge on any atom is -0.303 e. The van der Waals surface area contributed by atoms with E-state index in [1.165, 1.54) is 90.3 Å². The van der Waals surface area contributed by atoms with Gasteiger partial charge in [-0.2, -0.15) is 0 Å². The van der Waals surface area contributed by atoms with E-state index in [4.69, 9.17) is 0 Å². The molecule has 2 atom stereocenters. The standard InChI is InChI=1S/C21H45N/c1-6-10-12-13-16-20(5)18-21(15-8-3)19-22(9-4)17-14-11-7-2/h20-21H,6-19H2,1-5H3. The number of hydrogen-bond donors (Lipinski definition) is 0. The van der Waals surface area contributed by atoms with E-state index in [-0.39, 0.29) is 0 Å². The number of rotatable bonds is 16. The Morgan fingerprint density at radius 1 is 0.727 bits per heavy atom. The van der Waals surface area contributed by atoms with E-state index in [0.717, 1.165) is 11.8 Å². The van der Waals surface area contributed by atoms with E-state index in [9.17, 15) is 0 Å². The SMILES string of the molecule is CCCCCCC(C)CC(CCC)CN(CC)CCCCC. The summed E-state index contributed by atoms with van der Waals surface area (Å²) in [5, 5.41) is 0. The second-order valence-corrected chi connectivity index (χ2v) is 7.45. The quantitative estimate of drug-likeness (QED) is 0.280. The minimum absolute atomic E-state index is 0.919. The van der Waals surface area contributed by atoms with Crippen molar-refractivity contribution < 1.29 is 0 Å². The molecule has 0 rings (SSSR count). The molecule has 0 aliphatic heterocycles. The van der Waals surface area contributed by atoms with Crippen LogP contribution in [-0.2, 0) is 0 Å². The Morgan fingerprint density at radius 2 is 1.41 bits per heavy atom. The fraction of sp³-hybridized carbons (Fsp3) is 1.00. The molecule has 0 aromatic carbocycles. The van der Waals surface area contributed by atoms with Gasteiger partial charge in [-0.1, -0.05) is 86.0 Å². The van der Waals surface area contributed by atoms with Gasteiger partial charge in [-0.3, -0.25) is 0 Å². The van der Waals surface area contributed by atoms with Crippen LogP contribution in [0.15, 0.2) is 0 Å². The Labute approximate surface area is 142 Å². The van der Waals surface area contributed by atoms with E-state index in [2.05, 4.69) is 39.5 Å². The lowest BCUT2D eigenvalue weighted by Crippen LogP contribution is -2.31. The summed E-state index contributed by atoms with van der Waals surface area (Å²) in [7, 11) is 0. The first-order valence-corrected chi connectivity index (χ1v) is 10.4. The van der Waals surface area contributed by atoms with Gasteiger partial charge >= 0.3 is 0 Å². The summed E-state index contributed by atoms with van der Waals surface area (Å²) in [6, 6.07) is 0. The third kappa shape index (κ3) is 12.5. The molecule has 1 heteroatoms. The molecule has 0 aromatic heterocycles. The highest BCUT2D eigenvalue weighted by molar-refractivity contribution is 4.69. The molecular formula is C21H45N. The van der Waals surface area contributed by atoms with Gasteiger partial charge in [-0.25, -0.2) is 0 Å². The summed E-state index contributed by atoms with van der Waals surface area (Å²) in [5.74, 6) is 1.84. The van der Waals surface area contributed by atoms with Crippen molar-refractivity contribution in [2.45, 2.75) is 105 Å². The third-order valence-electron chi connectivity index (χ3n) is 5.02. The topological polar surface area (TPSA) is 3.24 Å². The predicted octanol–water partition coefficient (Wildman–Crippen LogP) is 6.91. The summed E-state index contributed by atoms with van der Waals surface area (Å²) in [5.41, 5.74) is 0. The van der Waals surface area contributed by atoms with Crippen LogP contribution < -0.4 is 0 Å². The van der Waals surface area contributed by atoms with Crippen molar-refractivity contribution in [3.05, 3.63) is 0 Å². The van der Waals surface area contributed by atoms with Crippen LogP contribution in [0.3, 0.4) is 0 Å². The van der Waals surface area contributed by atoms with Crippen LogP contribution in [0.4, 0.5) is 0 Å². The Hall–Kier alpha value is -0.0400. The first kappa shape index (κ1) is 22.0. The molecule has 1 nitrogen and oxygen atoms in total. The zero-order chi connectivity index (χ0) is 16.6. The molecule has 0 aliphatic rings. The van der Waals surface area contributed by atoms with Gasteiger partial charge < -0.3 is 4.90 Å². The molecule has 0 fully saturated rings. The van der Waals surface area contributed by atoms with Crippen molar-refractivity contribution >= 4 is 0 Å². The van der Waals surface area contributed by atoms with Crippen molar-refractivity contribution in [3.8, 4) is 0 Å². The first-order valence-electron chi connectivity index (χ1n) is 10.4. The van der Waals surface area contributed by atoms with Crippen molar-refractivity contribution in [2.75, 3.05) is 19.6 Å². The average molecular weight is 312 g/mol. The summed E-state index contributed by atoms with van der Waals surface area (Å²) in [4.78, 5) is 2.71. The lowest BCUT2D eigenvalue weighted by Gasteiger charge is -2.28. The van der Waals surface area contributed by atoms with Gasteiger partial charge in [0.05, 0.1) is 0 Å². The van der Waals surface area contributed by atoms with Crippen LogP contribution in [0.2, 0.25) is 0 Å². The van der Waals surface area contributed by atoms with Gasteiger partial charge in [0, 0.05) is 6.54 Å². The maximum absolute atomic E-state index is 2.71. The number of unbranched alkanes of at least 4 members (excludes halogenated alkanes) is 5. The molecule has 134 valence electrons. The summed E-state index contributed by atoms with van der Waals surface area (Å²) >= 11 is 0. The highest BCUT2D eigenvalue weighted by Gasteiger charge is 2.15. The van der Waals surface area contributed by atoms with Crippen molar-refractivity contribution in [2.24, 2.45) is 11.8 Å². The molecule has 2 unspecified atom stereocenters. The van der Waals surface area contributed by atoms with Crippen LogP contribution in [-0.4, -0.2) is 24.5 Å². The first-order chi connectivity index (χ1) is 10.7. The summed E-state index contributed by atoms with van der Waals surface area (Å²) in [6.45, 7) is 15.7. The number of nitrogens with zero attached hydrogens (tertiary/aromatic N) is 1. The van der Waals surface area contributed by atoms with E-state index in [1.807, 2.05) is 0 Å². The molecule has 22 heavy (non-hydrogen) atoms. The Balaban J connectivity index is 4.09. The van der Waals surface area contributed by atoms with E-state index >= 15 is 0 Å². The fourth-order valence-corrected chi connectivity index (χ4v) is 3.63. The Morgan fingerprint density at radius 3 is 2.00 bits per heavy atom. The number of hydrogen-bond acceptors (Lipinski definition) is 1. The smallest absolute Gasteiger partial charge is 0.000964 e. The lowest BCUT2D eigenvalue weighted by atomic mass is 9.88. The van der Waals surface area contributed by atoms with Crippen LogP contribution in [0.5, 0.6) is 0 Å². The second-order valence-electron chi connectivity index (χ2n) is 7.45. The zero-order valence-electron chi connectivity index (χ0n) is 16.5. The van der Waals surface area contributed by atoms with Gasteiger partial charge in [0.2, 0.25) is 0 Å². The Kier molecular flexibility index (Phi) is 15.8. The Bertz CT molecular complexity index is 214. The van der Waals surface area contributed by atoms with Crippen LogP contribution >= 0.6 is 0 Å². The molecule has 0 aliphatic carbocycles. The molecule has 0 bridgehead atoms. The van der Waals surface area contributed by atoms with E-state index < -0.39 is 0 Å². The average Bonchev–Trinajstić information content (AvgIpc) is 2.51. The fourth-order valence-electron chi connectivity index (χ4n) is 3.63. The lowest BCUT2D eigenvalue weighted by molar-refractivity contribution is 0.206. The third-order valence-corrected chi connectivity index (χ3v) is 5.02. The molecule has 0 amide bonds. The van der Waals surface area contributed by atoms with Crippen molar-refractivity contribution in [1.82, 2.24) is 4.90 Å². The molecule has 0 saturated heterocycles. The van der Waals surface area contributed by atoms with Crippen LogP contribution in [0, 0.1) is 11.8 Å². The molecule has 0 saturated carbocycles. The molecule has 0 radical (unpaired) electrons. The summed E-state index contributed by atoms with van der Waals surface area (Å²) in [6.07, 6.45) is 15.4. The van der Waals surface area contributed by atoms with E-state index in [0.29, 0.717) is 0 Å². The second kappa shape index (κ2) is 15.8. The molecule has 0 N–H and O–H groups in total. The van der Waals surface area contributed by atoms with Gasteiger partial charge in [0.15, 0.2) is 0 Å². The summed E-state index contributed by atoms with van der Waals surface area (Å²) < 4.78 is 0. The molecule has 0 heterocycles. The van der Waals surface area contributed by atoms with Crippen LogP contribution in [0.25, 0.3) is 0 Å². The van der Waals surface area contributed by atoms with Crippen molar-refractivity contribution in [3.63, 3.8) is 0 Å². The van der Waals surface area contributed by atoms with Gasteiger partial charge in [-0.15, -0.1) is 0 Å². The predicted molar refractivity (Wildman–Crippen MR) is 103 cm³/mol. The monoisotopic (exact) mass is 311 g/mol. The maximum atomic E-state index is 2.71. The van der Waals surface area contributed by atoms with Crippen molar-refractivity contribution in [1.29, 1.82) is 0 Å².